The number of hydrogen-bond donors (Lipinski definition) is 4. The van der Waals surface area contributed by atoms with Crippen molar-refractivity contribution >= 4 is 22.4 Å². The maximum Gasteiger partial charge on any atom is 0.331 e. The van der Waals surface area contributed by atoms with Crippen LogP contribution in [0.25, 0.3) is 16.5 Å². The van der Waals surface area contributed by atoms with E-state index in [1.54, 1.807) is 0 Å². The zero-order valence-electron chi connectivity index (χ0n) is 31.5. The van der Waals surface area contributed by atoms with E-state index in [1.807, 2.05) is 0 Å². The van der Waals surface area contributed by atoms with Crippen LogP contribution in [0.5, 0.6) is 0 Å². The highest BCUT2D eigenvalue weighted by Gasteiger charge is 2.63. The van der Waals surface area contributed by atoms with Crippen molar-refractivity contribution in [2.24, 2.45) is 29.1 Å². The lowest BCUT2D eigenvalue weighted by Crippen LogP contribution is -2.58. The lowest BCUT2D eigenvalue weighted by Gasteiger charge is -2.61. The summed E-state index contributed by atoms with van der Waals surface area (Å²) < 4.78 is 6.55. The van der Waals surface area contributed by atoms with Gasteiger partial charge in [0, 0.05) is 33.5 Å². The molecule has 1 aromatic carbocycles. The molecule has 4 aliphatic carbocycles. The van der Waals surface area contributed by atoms with Gasteiger partial charge in [-0.25, -0.2) is 4.79 Å². The van der Waals surface area contributed by atoms with E-state index < -0.39 is 17.7 Å². The molecule has 0 saturated heterocycles. The molecule has 0 spiro atoms. The molecule has 49 heavy (non-hydrogen) atoms. The third kappa shape index (κ3) is 5.43. The summed E-state index contributed by atoms with van der Waals surface area (Å²) in [4.78, 5) is 14.1. The van der Waals surface area contributed by atoms with Gasteiger partial charge in [0.15, 0.2) is 0 Å². The van der Waals surface area contributed by atoms with Gasteiger partial charge in [0.1, 0.15) is 0 Å². The van der Waals surface area contributed by atoms with Crippen LogP contribution in [-0.4, -0.2) is 43.6 Å². The molecule has 2 fully saturated rings. The second kappa shape index (κ2) is 12.1. The number of nitrogens with one attached hydrogen (secondary N) is 1. The van der Waals surface area contributed by atoms with Crippen molar-refractivity contribution in [1.82, 2.24) is 4.98 Å². The van der Waals surface area contributed by atoms with Crippen LogP contribution in [-0.2, 0) is 27.8 Å². The van der Waals surface area contributed by atoms with E-state index in [9.17, 15) is 15.0 Å². The first-order chi connectivity index (χ1) is 22.8. The van der Waals surface area contributed by atoms with Gasteiger partial charge in [-0.3, -0.25) is 0 Å². The van der Waals surface area contributed by atoms with E-state index in [4.69, 9.17) is 9.84 Å². The zero-order chi connectivity index (χ0) is 36.0. The fourth-order valence-corrected chi connectivity index (χ4v) is 11.2. The van der Waals surface area contributed by atoms with Crippen molar-refractivity contribution in [2.45, 2.75) is 137 Å². The summed E-state index contributed by atoms with van der Waals surface area (Å²) in [7, 11) is 0. The summed E-state index contributed by atoms with van der Waals surface area (Å²) in [6.45, 7) is 25.2. The SMILES string of the molecule is C=C/C=C(\C)C(=O)O.CC(C)=CCc1c2c(cc3c4c([nH]c13)[C@@]1(C)C(CCC3[C@@H](C)C(O)CC[C@@]31C)C4)C1=CC(C)(C)OC(C)(C)C1C2O. The predicted molar refractivity (Wildman–Crippen MR) is 198 cm³/mol. The number of aromatic nitrogens is 1. The first-order valence-corrected chi connectivity index (χ1v) is 18.4. The maximum atomic E-state index is 12.0. The van der Waals surface area contributed by atoms with E-state index in [2.05, 4.69) is 92.1 Å². The number of allylic oxidation sites excluding steroid dienone is 4. The Bertz CT molecular complexity index is 1780. The normalized spacial score (nSPS) is 35.1. The van der Waals surface area contributed by atoms with Crippen LogP contribution in [0.3, 0.4) is 0 Å². The number of aliphatic hydroxyl groups excluding tert-OH is 2. The van der Waals surface area contributed by atoms with Crippen LogP contribution in [0, 0.1) is 29.1 Å². The maximum absolute atomic E-state index is 12.0. The second-order valence-electron chi connectivity index (χ2n) is 17.6. The van der Waals surface area contributed by atoms with Crippen molar-refractivity contribution < 1.29 is 24.9 Å². The Hall–Kier alpha value is -2.93. The number of benzene rings is 1. The quantitative estimate of drug-likeness (QED) is 0.148. The molecule has 7 rings (SSSR count). The summed E-state index contributed by atoms with van der Waals surface area (Å²) in [5, 5.41) is 32.4. The minimum absolute atomic E-state index is 0.0555. The molecule has 2 aromatic rings. The van der Waals surface area contributed by atoms with E-state index in [0.29, 0.717) is 23.3 Å². The van der Waals surface area contributed by atoms with Gasteiger partial charge in [-0.1, -0.05) is 51.2 Å². The Balaban J connectivity index is 0.000000466. The highest BCUT2D eigenvalue weighted by Crippen LogP contribution is 2.68. The van der Waals surface area contributed by atoms with Gasteiger partial charge in [0.25, 0.3) is 0 Å². The lowest BCUT2D eigenvalue weighted by molar-refractivity contribution is -0.143. The molecule has 0 radical (unpaired) electrons. The molecule has 0 amide bonds. The van der Waals surface area contributed by atoms with Crippen molar-refractivity contribution in [1.29, 1.82) is 0 Å². The van der Waals surface area contributed by atoms with Crippen molar-refractivity contribution in [3.63, 3.8) is 0 Å². The predicted octanol–water partition coefficient (Wildman–Crippen LogP) is 9.15. The summed E-state index contributed by atoms with van der Waals surface area (Å²) >= 11 is 0. The fraction of sp³-hybridized carbons (Fsp3) is 0.605. The number of hydrogen-bond acceptors (Lipinski definition) is 4. The number of H-pyrrole nitrogens is 1. The molecular formula is C43H59NO5. The van der Waals surface area contributed by atoms with Crippen LogP contribution in [0.2, 0.25) is 0 Å². The highest BCUT2D eigenvalue weighted by molar-refractivity contribution is 5.96. The van der Waals surface area contributed by atoms with Gasteiger partial charge in [0.2, 0.25) is 0 Å². The van der Waals surface area contributed by atoms with Crippen LogP contribution in [0.1, 0.15) is 129 Å². The van der Waals surface area contributed by atoms with E-state index >= 15 is 0 Å². The third-order valence-electron chi connectivity index (χ3n) is 13.6. The van der Waals surface area contributed by atoms with E-state index in [-0.39, 0.29) is 28.5 Å². The molecule has 4 N–H and O–H groups in total. The van der Waals surface area contributed by atoms with Gasteiger partial charge in [-0.2, -0.15) is 0 Å². The largest absolute Gasteiger partial charge is 0.478 e. The smallest absolute Gasteiger partial charge is 0.331 e. The Labute approximate surface area is 293 Å². The van der Waals surface area contributed by atoms with Crippen LogP contribution in [0.4, 0.5) is 0 Å². The van der Waals surface area contributed by atoms with Gasteiger partial charge in [0.05, 0.1) is 23.4 Å². The number of ether oxygens (including phenoxy) is 1. The standard InChI is InChI=1S/C37H51NO3.C6H8O2/c1-19(2)10-12-22-29-23(26-18-34(4,5)41-35(6,7)30(26)32(29)40)17-24-25-16-21-11-13-27-20(3)28(39)14-15-36(27,8)37(21,9)33(25)38-31(22)24;1-3-4-5(2)6(7)8/h10,17-18,20-21,27-28,30,32,38-40H,11-16H2,1-9H3;3-4H,1H2,2H3,(H,7,8)/b;5-4+/t20-,21?,27?,28?,30?,32?,36+,37-;/m1./s1. The summed E-state index contributed by atoms with van der Waals surface area (Å²) in [6, 6.07) is 2.44. The number of aromatic amines is 1. The summed E-state index contributed by atoms with van der Waals surface area (Å²) in [5.74, 6) is 0.538. The molecule has 5 unspecified atom stereocenters. The minimum Gasteiger partial charge on any atom is -0.478 e. The first-order valence-electron chi connectivity index (χ1n) is 18.4. The average molecular weight is 670 g/mol. The summed E-state index contributed by atoms with van der Waals surface area (Å²) in [6.07, 6.45) is 13.1. The van der Waals surface area contributed by atoms with Crippen LogP contribution in [0.15, 0.2) is 48.1 Å². The number of aliphatic carboxylic acids is 1. The number of aliphatic hydroxyl groups is 2. The molecule has 6 nitrogen and oxygen atoms in total. The fourth-order valence-electron chi connectivity index (χ4n) is 11.2. The van der Waals surface area contributed by atoms with Crippen LogP contribution < -0.4 is 0 Å². The van der Waals surface area contributed by atoms with Gasteiger partial charge in [-0.15, -0.1) is 0 Å². The zero-order valence-corrected chi connectivity index (χ0v) is 31.5. The molecule has 8 atom stereocenters. The second-order valence-corrected chi connectivity index (χ2v) is 17.6. The molecule has 1 aromatic heterocycles. The van der Waals surface area contributed by atoms with Gasteiger partial charge in [-0.05, 0) is 150 Å². The Morgan fingerprint density at radius 2 is 1.78 bits per heavy atom. The Morgan fingerprint density at radius 3 is 2.39 bits per heavy atom. The minimum atomic E-state index is -0.898. The molecular weight excluding hydrogens is 610 g/mol. The van der Waals surface area contributed by atoms with Crippen molar-refractivity contribution in [3.05, 3.63) is 76.0 Å². The molecule has 5 aliphatic rings. The van der Waals surface area contributed by atoms with Crippen molar-refractivity contribution in [2.75, 3.05) is 0 Å². The number of fused-ring (bicyclic) bond motifs is 10. The molecule has 2 heterocycles. The summed E-state index contributed by atoms with van der Waals surface area (Å²) in [5.41, 5.74) is 10.0. The highest BCUT2D eigenvalue weighted by atomic mass is 16.5. The van der Waals surface area contributed by atoms with Gasteiger partial charge >= 0.3 is 5.97 Å². The number of carboxylic acid groups (broad SMARTS) is 1. The number of carbonyl (C=O) groups is 1. The molecule has 266 valence electrons. The molecule has 2 saturated carbocycles. The monoisotopic (exact) mass is 669 g/mol. The first kappa shape index (κ1) is 35.9. The van der Waals surface area contributed by atoms with Crippen LogP contribution >= 0.6 is 0 Å². The Kier molecular flexibility index (Phi) is 8.86. The van der Waals surface area contributed by atoms with Gasteiger partial charge < -0.3 is 25.0 Å². The molecule has 1 aliphatic heterocycles. The number of carboxylic acids is 1. The average Bonchev–Trinajstić information content (AvgIpc) is 3.60. The van der Waals surface area contributed by atoms with Crippen molar-refractivity contribution in [3.8, 4) is 0 Å². The molecule has 6 heteroatoms. The van der Waals surface area contributed by atoms with E-state index in [0.717, 1.165) is 31.2 Å². The van der Waals surface area contributed by atoms with E-state index in [1.165, 1.54) is 76.4 Å². The third-order valence-corrected chi connectivity index (χ3v) is 13.6. The molecule has 0 bridgehead atoms. The Morgan fingerprint density at radius 1 is 1.08 bits per heavy atom. The number of rotatable bonds is 4. The lowest BCUT2D eigenvalue weighted by atomic mass is 9.44. The topological polar surface area (TPSA) is 103 Å².